The number of amidine groups is 1. The smallest absolute Gasteiger partial charge is 0.118 e. The molecule has 0 aliphatic heterocycles. The molecule has 0 saturated heterocycles. The van der Waals surface area contributed by atoms with Crippen LogP contribution in [0.25, 0.3) is 0 Å². The highest BCUT2D eigenvalue weighted by Crippen LogP contribution is 2.13. The van der Waals surface area contributed by atoms with Gasteiger partial charge in [0.2, 0.25) is 0 Å². The van der Waals surface area contributed by atoms with Crippen LogP contribution in [0.5, 0.6) is 0 Å². The van der Waals surface area contributed by atoms with Gasteiger partial charge in [-0.05, 0) is 18.1 Å². The van der Waals surface area contributed by atoms with Gasteiger partial charge in [0.1, 0.15) is 5.84 Å². The summed E-state index contributed by atoms with van der Waals surface area (Å²) in [5.41, 5.74) is 6.09. The van der Waals surface area contributed by atoms with Crippen molar-refractivity contribution in [3.63, 3.8) is 0 Å². The number of hydrogen-bond acceptors (Lipinski definition) is 1. The molecule has 0 bridgehead atoms. The van der Waals surface area contributed by atoms with E-state index in [-0.39, 0.29) is 5.84 Å². The molecule has 0 aromatic rings. The van der Waals surface area contributed by atoms with Gasteiger partial charge in [0.05, 0.1) is 0 Å². The highest BCUT2D eigenvalue weighted by atomic mass is 35.5. The first-order valence-corrected chi connectivity index (χ1v) is 3.65. The molecular formula is C8H9ClN2. The van der Waals surface area contributed by atoms with Crippen molar-refractivity contribution < 1.29 is 0 Å². The quantitative estimate of drug-likeness (QED) is 0.456. The molecule has 0 radical (unpaired) electrons. The monoisotopic (exact) mass is 168 g/mol. The zero-order valence-electron chi connectivity index (χ0n) is 5.97. The number of rotatable bonds is 1. The van der Waals surface area contributed by atoms with Gasteiger partial charge >= 0.3 is 0 Å². The third kappa shape index (κ3) is 2.24. The number of halogens is 1. The number of nitrogens with two attached hydrogens (primary N) is 1. The first kappa shape index (κ1) is 8.08. The van der Waals surface area contributed by atoms with Crippen molar-refractivity contribution in [2.45, 2.75) is 6.42 Å². The zero-order valence-corrected chi connectivity index (χ0v) is 6.73. The Balaban J connectivity index is 2.82. The van der Waals surface area contributed by atoms with E-state index < -0.39 is 0 Å². The van der Waals surface area contributed by atoms with E-state index in [0.29, 0.717) is 11.5 Å². The van der Waals surface area contributed by atoms with Crippen LogP contribution in [0, 0.1) is 5.41 Å². The summed E-state index contributed by atoms with van der Waals surface area (Å²) in [5.74, 6) is 0.109. The van der Waals surface area contributed by atoms with Gasteiger partial charge in [0.15, 0.2) is 0 Å². The lowest BCUT2D eigenvalue weighted by Gasteiger charge is -1.97. The molecule has 0 heterocycles. The first-order chi connectivity index (χ1) is 5.20. The van der Waals surface area contributed by atoms with Crippen LogP contribution in [0.2, 0.25) is 0 Å². The fraction of sp³-hybridized carbons (Fsp3) is 0.125. The van der Waals surface area contributed by atoms with Gasteiger partial charge in [-0.25, -0.2) is 0 Å². The lowest BCUT2D eigenvalue weighted by molar-refractivity contribution is 1.27. The third-order valence-corrected chi connectivity index (χ3v) is 1.70. The van der Waals surface area contributed by atoms with E-state index in [1.807, 2.05) is 6.08 Å². The minimum absolute atomic E-state index is 0.109. The first-order valence-electron chi connectivity index (χ1n) is 3.27. The van der Waals surface area contributed by atoms with Crippen LogP contribution >= 0.6 is 11.6 Å². The molecule has 0 unspecified atom stereocenters. The number of hydrogen-bond donors (Lipinski definition) is 2. The van der Waals surface area contributed by atoms with E-state index in [1.165, 1.54) is 0 Å². The molecule has 0 atom stereocenters. The lowest BCUT2D eigenvalue weighted by Crippen LogP contribution is -2.12. The van der Waals surface area contributed by atoms with Crippen LogP contribution in [0.15, 0.2) is 34.9 Å². The summed E-state index contributed by atoms with van der Waals surface area (Å²) in [4.78, 5) is 0. The summed E-state index contributed by atoms with van der Waals surface area (Å²) in [6.45, 7) is 0. The molecule has 11 heavy (non-hydrogen) atoms. The van der Waals surface area contributed by atoms with Crippen molar-refractivity contribution >= 4 is 17.4 Å². The van der Waals surface area contributed by atoms with Gasteiger partial charge in [0.25, 0.3) is 0 Å². The second-order valence-electron chi connectivity index (χ2n) is 2.26. The Labute approximate surface area is 70.5 Å². The highest BCUT2D eigenvalue weighted by Gasteiger charge is 2.00. The van der Waals surface area contributed by atoms with Crippen molar-refractivity contribution in [1.82, 2.24) is 0 Å². The average molecular weight is 169 g/mol. The molecule has 1 aliphatic carbocycles. The normalized spacial score (nSPS) is 16.8. The van der Waals surface area contributed by atoms with Crippen LogP contribution in [0.3, 0.4) is 0 Å². The van der Waals surface area contributed by atoms with E-state index in [4.69, 9.17) is 22.7 Å². The summed E-state index contributed by atoms with van der Waals surface area (Å²) in [7, 11) is 0. The van der Waals surface area contributed by atoms with Crippen molar-refractivity contribution in [2.75, 3.05) is 0 Å². The molecule has 0 fully saturated rings. The molecule has 0 amide bonds. The van der Waals surface area contributed by atoms with Gasteiger partial charge in [-0.2, -0.15) is 0 Å². The Hall–Kier alpha value is -1.02. The fourth-order valence-electron chi connectivity index (χ4n) is 0.799. The lowest BCUT2D eigenvalue weighted by atomic mass is 10.1. The molecule has 58 valence electrons. The standard InChI is InChI=1S/C8H9ClN2/c9-7-3-1-2-6(4-5-7)8(10)11/h1-3,5H,4H2,(H3,10,11). The number of allylic oxidation sites excluding steroid dienone is 5. The fourth-order valence-corrected chi connectivity index (χ4v) is 0.949. The Bertz CT molecular complexity index is 259. The Morgan fingerprint density at radius 2 is 2.36 bits per heavy atom. The predicted molar refractivity (Wildman–Crippen MR) is 47.7 cm³/mol. The SMILES string of the molecule is N=C(N)C1=CC=CC(Cl)=CC1. The summed E-state index contributed by atoms with van der Waals surface area (Å²) >= 11 is 5.72. The van der Waals surface area contributed by atoms with E-state index in [1.54, 1.807) is 18.2 Å². The van der Waals surface area contributed by atoms with Crippen LogP contribution in [-0.2, 0) is 0 Å². The number of nitrogens with one attached hydrogen (secondary N) is 1. The van der Waals surface area contributed by atoms with E-state index in [2.05, 4.69) is 0 Å². The zero-order chi connectivity index (χ0) is 8.27. The van der Waals surface area contributed by atoms with Gasteiger partial charge in [-0.15, -0.1) is 0 Å². The second kappa shape index (κ2) is 3.39. The molecular weight excluding hydrogens is 160 g/mol. The van der Waals surface area contributed by atoms with Crippen molar-refractivity contribution in [3.8, 4) is 0 Å². The van der Waals surface area contributed by atoms with Gasteiger partial charge in [-0.3, -0.25) is 5.41 Å². The van der Waals surface area contributed by atoms with Gasteiger partial charge in [-0.1, -0.05) is 29.8 Å². The molecule has 0 spiro atoms. The van der Waals surface area contributed by atoms with Crippen molar-refractivity contribution in [2.24, 2.45) is 5.73 Å². The molecule has 0 aromatic carbocycles. The van der Waals surface area contributed by atoms with Crippen LogP contribution in [0.1, 0.15) is 6.42 Å². The minimum Gasteiger partial charge on any atom is -0.384 e. The van der Waals surface area contributed by atoms with E-state index in [9.17, 15) is 0 Å². The predicted octanol–water partition coefficient (Wildman–Crippen LogP) is 1.93. The summed E-state index contributed by atoms with van der Waals surface area (Å²) in [5, 5.41) is 7.85. The van der Waals surface area contributed by atoms with E-state index in [0.717, 1.165) is 5.57 Å². The maximum atomic E-state index is 7.16. The Morgan fingerprint density at radius 1 is 1.64 bits per heavy atom. The molecule has 0 aromatic heterocycles. The summed E-state index contributed by atoms with van der Waals surface area (Å²) in [6, 6.07) is 0. The Morgan fingerprint density at radius 3 is 3.00 bits per heavy atom. The third-order valence-electron chi connectivity index (χ3n) is 1.42. The van der Waals surface area contributed by atoms with Crippen LogP contribution in [-0.4, -0.2) is 5.84 Å². The summed E-state index contributed by atoms with van der Waals surface area (Å²) < 4.78 is 0. The maximum absolute atomic E-state index is 7.16. The molecule has 3 N–H and O–H groups in total. The Kier molecular flexibility index (Phi) is 2.49. The van der Waals surface area contributed by atoms with Gasteiger partial charge < -0.3 is 5.73 Å². The molecule has 1 rings (SSSR count). The molecule has 2 nitrogen and oxygen atoms in total. The van der Waals surface area contributed by atoms with Crippen molar-refractivity contribution in [1.29, 1.82) is 5.41 Å². The average Bonchev–Trinajstić information content (AvgIpc) is 2.13. The topological polar surface area (TPSA) is 49.9 Å². The largest absolute Gasteiger partial charge is 0.384 e. The van der Waals surface area contributed by atoms with Crippen molar-refractivity contribution in [3.05, 3.63) is 34.9 Å². The second-order valence-corrected chi connectivity index (χ2v) is 2.69. The summed E-state index contributed by atoms with van der Waals surface area (Å²) in [6.07, 6.45) is 7.84. The van der Waals surface area contributed by atoms with Crippen LogP contribution < -0.4 is 5.73 Å². The highest BCUT2D eigenvalue weighted by molar-refractivity contribution is 6.31. The maximum Gasteiger partial charge on any atom is 0.118 e. The van der Waals surface area contributed by atoms with Crippen LogP contribution in [0.4, 0.5) is 0 Å². The minimum atomic E-state index is 0.109. The molecule has 0 saturated carbocycles. The van der Waals surface area contributed by atoms with E-state index >= 15 is 0 Å². The molecule has 3 heteroatoms. The molecule has 1 aliphatic rings. The van der Waals surface area contributed by atoms with Gasteiger partial charge in [0, 0.05) is 5.03 Å².